The summed E-state index contributed by atoms with van der Waals surface area (Å²) in [4.78, 5) is 16.4. The Morgan fingerprint density at radius 3 is 2.26 bits per heavy atom. The molecule has 7 heteroatoms. The molecule has 1 atom stereocenters. The van der Waals surface area contributed by atoms with Gasteiger partial charge in [0.05, 0.1) is 24.0 Å². The molecule has 0 saturated heterocycles. The number of esters is 1. The smallest absolute Gasteiger partial charge is 0.307 e. The zero-order valence-electron chi connectivity index (χ0n) is 19.5. The molecule has 34 heavy (non-hydrogen) atoms. The molecule has 0 spiro atoms. The molecule has 0 aliphatic heterocycles. The Bertz CT molecular complexity index is 1220. The first-order chi connectivity index (χ1) is 16.3. The predicted octanol–water partition coefficient (Wildman–Crippen LogP) is 4.79. The fourth-order valence-corrected chi connectivity index (χ4v) is 4.96. The SMILES string of the molecule is C=NCc1cccc(-c2cccc(S(=O)(=O)NC(CC(=O)OC(C)C)Cc3ccccc3)c2)c1. The van der Waals surface area contributed by atoms with Gasteiger partial charge in [0, 0.05) is 6.04 Å². The van der Waals surface area contributed by atoms with Gasteiger partial charge in [-0.25, -0.2) is 13.1 Å². The summed E-state index contributed by atoms with van der Waals surface area (Å²) in [5, 5.41) is 0. The molecule has 6 nitrogen and oxygen atoms in total. The summed E-state index contributed by atoms with van der Waals surface area (Å²) in [6.07, 6.45) is 0.0248. The van der Waals surface area contributed by atoms with Crippen molar-refractivity contribution in [2.45, 2.75) is 50.3 Å². The van der Waals surface area contributed by atoms with Gasteiger partial charge in [-0.1, -0.05) is 60.7 Å². The van der Waals surface area contributed by atoms with E-state index < -0.39 is 22.0 Å². The number of sulfonamides is 1. The van der Waals surface area contributed by atoms with Gasteiger partial charge in [-0.15, -0.1) is 0 Å². The van der Waals surface area contributed by atoms with E-state index in [0.717, 1.165) is 22.3 Å². The fraction of sp³-hybridized carbons (Fsp3) is 0.259. The van der Waals surface area contributed by atoms with E-state index in [1.165, 1.54) is 0 Å². The van der Waals surface area contributed by atoms with Crippen LogP contribution in [0.15, 0.2) is 88.8 Å². The first-order valence-electron chi connectivity index (χ1n) is 11.1. The van der Waals surface area contributed by atoms with Crippen LogP contribution < -0.4 is 4.72 Å². The van der Waals surface area contributed by atoms with E-state index in [2.05, 4.69) is 16.4 Å². The Hall–Kier alpha value is -3.29. The third-order valence-corrected chi connectivity index (χ3v) is 6.64. The number of carbonyl (C=O) groups excluding carboxylic acids is 1. The van der Waals surface area contributed by atoms with Crippen molar-refractivity contribution in [3.8, 4) is 11.1 Å². The van der Waals surface area contributed by atoms with Crippen molar-refractivity contribution in [1.82, 2.24) is 4.72 Å². The first-order valence-corrected chi connectivity index (χ1v) is 12.6. The standard InChI is InChI=1S/C27H30N2O4S/c1-20(2)33-27(30)18-25(16-21-9-5-4-6-10-21)29-34(31,32)26-14-8-13-24(17-26)23-12-7-11-22(15-23)19-28-3/h4-15,17,20,25,29H,3,16,18-19H2,1-2H3. The Kier molecular flexibility index (Phi) is 8.73. The number of aliphatic imine (C=N–C) groups is 1. The van der Waals surface area contributed by atoms with Gasteiger partial charge in [0.1, 0.15) is 0 Å². The van der Waals surface area contributed by atoms with Crippen LogP contribution in [0.2, 0.25) is 0 Å². The molecule has 0 amide bonds. The van der Waals surface area contributed by atoms with E-state index in [0.29, 0.717) is 13.0 Å². The maximum absolute atomic E-state index is 13.3. The fourth-order valence-electron chi connectivity index (χ4n) is 3.67. The van der Waals surface area contributed by atoms with Crippen molar-refractivity contribution >= 4 is 22.7 Å². The average Bonchev–Trinajstić information content (AvgIpc) is 2.79. The van der Waals surface area contributed by atoms with Crippen LogP contribution in [-0.2, 0) is 32.5 Å². The predicted molar refractivity (Wildman–Crippen MR) is 135 cm³/mol. The lowest BCUT2D eigenvalue weighted by Gasteiger charge is -2.19. The van der Waals surface area contributed by atoms with Gasteiger partial charge in [-0.3, -0.25) is 9.79 Å². The summed E-state index contributed by atoms with van der Waals surface area (Å²) in [5.74, 6) is -0.444. The zero-order valence-corrected chi connectivity index (χ0v) is 20.3. The highest BCUT2D eigenvalue weighted by Crippen LogP contribution is 2.24. The summed E-state index contributed by atoms with van der Waals surface area (Å²) < 4.78 is 34.6. The van der Waals surface area contributed by atoms with Crippen molar-refractivity contribution < 1.29 is 17.9 Å². The number of carbonyl (C=O) groups is 1. The van der Waals surface area contributed by atoms with Crippen LogP contribution in [0, 0.1) is 0 Å². The van der Waals surface area contributed by atoms with Gasteiger partial charge in [-0.2, -0.15) is 0 Å². The monoisotopic (exact) mass is 478 g/mol. The third kappa shape index (κ3) is 7.37. The number of nitrogens with one attached hydrogen (secondary N) is 1. The molecule has 0 bridgehead atoms. The van der Waals surface area contributed by atoms with Crippen LogP contribution in [0.4, 0.5) is 0 Å². The minimum Gasteiger partial charge on any atom is -0.463 e. The van der Waals surface area contributed by atoms with E-state index in [9.17, 15) is 13.2 Å². The summed E-state index contributed by atoms with van der Waals surface area (Å²) in [6, 6.07) is 23.3. The molecular formula is C27H30N2O4S. The lowest BCUT2D eigenvalue weighted by atomic mass is 10.0. The topological polar surface area (TPSA) is 84.8 Å². The third-order valence-electron chi connectivity index (χ3n) is 5.13. The molecule has 3 aromatic carbocycles. The number of ether oxygens (including phenoxy) is 1. The van der Waals surface area contributed by atoms with Gasteiger partial charge < -0.3 is 4.74 Å². The van der Waals surface area contributed by atoms with E-state index in [4.69, 9.17) is 4.74 Å². The molecule has 0 aliphatic carbocycles. The number of rotatable bonds is 11. The molecule has 0 saturated carbocycles. The molecule has 3 aromatic rings. The minimum absolute atomic E-state index is 0.0669. The van der Waals surface area contributed by atoms with Crippen molar-refractivity contribution in [2.75, 3.05) is 0 Å². The molecule has 0 aromatic heterocycles. The second-order valence-electron chi connectivity index (χ2n) is 8.36. The second kappa shape index (κ2) is 11.7. The van der Waals surface area contributed by atoms with Crippen LogP contribution in [0.1, 0.15) is 31.4 Å². The van der Waals surface area contributed by atoms with Crippen LogP contribution in [0.5, 0.6) is 0 Å². The lowest BCUT2D eigenvalue weighted by Crippen LogP contribution is -2.38. The highest BCUT2D eigenvalue weighted by atomic mass is 32.2. The number of benzene rings is 3. The van der Waals surface area contributed by atoms with Gasteiger partial charge >= 0.3 is 5.97 Å². The van der Waals surface area contributed by atoms with Crippen LogP contribution >= 0.6 is 0 Å². The Balaban J connectivity index is 1.86. The molecular weight excluding hydrogens is 448 g/mol. The van der Waals surface area contributed by atoms with E-state index in [1.807, 2.05) is 60.7 Å². The quantitative estimate of drug-likeness (QED) is 0.317. The second-order valence-corrected chi connectivity index (χ2v) is 10.1. The zero-order chi connectivity index (χ0) is 24.6. The highest BCUT2D eigenvalue weighted by Gasteiger charge is 2.24. The normalized spacial score (nSPS) is 12.3. The summed E-state index contributed by atoms with van der Waals surface area (Å²) in [6.45, 7) is 7.54. The van der Waals surface area contributed by atoms with Crippen molar-refractivity contribution in [2.24, 2.45) is 4.99 Å². The highest BCUT2D eigenvalue weighted by molar-refractivity contribution is 7.89. The van der Waals surface area contributed by atoms with Crippen LogP contribution in [0.3, 0.4) is 0 Å². The molecule has 3 rings (SSSR count). The van der Waals surface area contributed by atoms with E-state index in [1.54, 1.807) is 32.0 Å². The largest absolute Gasteiger partial charge is 0.463 e. The molecule has 1 N–H and O–H groups in total. The Labute approximate surface area is 201 Å². The Morgan fingerprint density at radius 2 is 1.59 bits per heavy atom. The van der Waals surface area contributed by atoms with Gasteiger partial charge in [0.2, 0.25) is 10.0 Å². The minimum atomic E-state index is -3.89. The number of hydrogen-bond acceptors (Lipinski definition) is 5. The van der Waals surface area contributed by atoms with Crippen LogP contribution in [0.25, 0.3) is 11.1 Å². The maximum atomic E-state index is 13.3. The van der Waals surface area contributed by atoms with Gasteiger partial charge in [-0.05, 0) is 67.4 Å². The molecule has 0 aliphatic rings. The molecule has 0 fully saturated rings. The summed E-state index contributed by atoms with van der Waals surface area (Å²) in [5.41, 5.74) is 3.58. The number of nitrogens with zero attached hydrogens (tertiary/aromatic N) is 1. The van der Waals surface area contributed by atoms with Gasteiger partial charge in [0.25, 0.3) is 0 Å². The maximum Gasteiger partial charge on any atom is 0.307 e. The Morgan fingerprint density at radius 1 is 0.941 bits per heavy atom. The average molecular weight is 479 g/mol. The number of hydrogen-bond donors (Lipinski definition) is 1. The molecule has 1 unspecified atom stereocenters. The molecule has 0 radical (unpaired) electrons. The molecule has 0 heterocycles. The van der Waals surface area contributed by atoms with Crippen LogP contribution in [-0.4, -0.2) is 33.3 Å². The van der Waals surface area contributed by atoms with Crippen molar-refractivity contribution in [3.05, 3.63) is 90.0 Å². The van der Waals surface area contributed by atoms with E-state index in [-0.39, 0.29) is 17.4 Å². The molecule has 178 valence electrons. The summed E-state index contributed by atoms with van der Waals surface area (Å²) >= 11 is 0. The summed E-state index contributed by atoms with van der Waals surface area (Å²) in [7, 11) is -3.89. The first kappa shape index (κ1) is 25.3. The van der Waals surface area contributed by atoms with Gasteiger partial charge in [0.15, 0.2) is 0 Å². The van der Waals surface area contributed by atoms with E-state index >= 15 is 0 Å². The van der Waals surface area contributed by atoms with Crippen molar-refractivity contribution in [1.29, 1.82) is 0 Å². The van der Waals surface area contributed by atoms with Crippen molar-refractivity contribution in [3.63, 3.8) is 0 Å². The lowest BCUT2D eigenvalue weighted by molar-refractivity contribution is -0.147.